The Kier molecular flexibility index (Phi) is 5.29. The molecule has 100 valence electrons. The van der Waals surface area contributed by atoms with E-state index < -0.39 is 0 Å². The zero-order chi connectivity index (χ0) is 12.8. The topological polar surface area (TPSA) is 24.5 Å². The van der Waals surface area contributed by atoms with Crippen LogP contribution in [0.25, 0.3) is 0 Å². The highest BCUT2D eigenvalue weighted by atomic mass is 35.5. The van der Waals surface area contributed by atoms with E-state index in [1.54, 1.807) is 0 Å². The first-order valence-corrected chi connectivity index (χ1v) is 6.94. The van der Waals surface area contributed by atoms with E-state index in [0.717, 1.165) is 30.5 Å². The lowest BCUT2D eigenvalue weighted by Crippen LogP contribution is -2.38. The van der Waals surface area contributed by atoms with E-state index in [1.165, 1.54) is 19.4 Å². The molecule has 18 heavy (non-hydrogen) atoms. The number of nitrogens with one attached hydrogen (secondary N) is 1. The molecule has 1 aliphatic rings. The lowest BCUT2D eigenvalue weighted by atomic mass is 10.2. The molecule has 2 rings (SSSR count). The lowest BCUT2D eigenvalue weighted by molar-refractivity contribution is 0.195. The first-order valence-electron chi connectivity index (χ1n) is 6.56. The second-order valence-corrected chi connectivity index (χ2v) is 5.13. The first-order chi connectivity index (χ1) is 8.79. The van der Waals surface area contributed by atoms with Gasteiger partial charge >= 0.3 is 0 Å². The first kappa shape index (κ1) is 13.7. The molecule has 1 N–H and O–H groups in total. The molecule has 0 aromatic heterocycles. The lowest BCUT2D eigenvalue weighted by Gasteiger charge is -2.24. The van der Waals surface area contributed by atoms with Crippen molar-refractivity contribution in [2.45, 2.75) is 18.9 Å². The van der Waals surface area contributed by atoms with Crippen molar-refractivity contribution in [2.24, 2.45) is 0 Å². The second-order valence-electron chi connectivity index (χ2n) is 4.70. The van der Waals surface area contributed by atoms with E-state index >= 15 is 0 Å². The van der Waals surface area contributed by atoms with Crippen LogP contribution in [0.1, 0.15) is 12.8 Å². The summed E-state index contributed by atoms with van der Waals surface area (Å²) in [6, 6.07) is 8.24. The molecule has 1 fully saturated rings. The average molecular weight is 269 g/mol. The summed E-state index contributed by atoms with van der Waals surface area (Å²) < 4.78 is 5.73. The van der Waals surface area contributed by atoms with Crippen molar-refractivity contribution in [3.63, 3.8) is 0 Å². The van der Waals surface area contributed by atoms with E-state index in [2.05, 4.69) is 10.2 Å². The summed E-state index contributed by atoms with van der Waals surface area (Å²) in [4.78, 5) is 2.50. The van der Waals surface area contributed by atoms with Crippen LogP contribution in [-0.2, 0) is 0 Å². The third-order valence-electron chi connectivity index (χ3n) is 3.38. The van der Waals surface area contributed by atoms with Gasteiger partial charge in [0.15, 0.2) is 0 Å². The number of nitrogens with zero attached hydrogens (tertiary/aromatic N) is 1. The Hall–Kier alpha value is -0.770. The number of hydrogen-bond acceptors (Lipinski definition) is 3. The molecule has 4 heteroatoms. The maximum atomic E-state index is 5.92. The van der Waals surface area contributed by atoms with Crippen molar-refractivity contribution < 1.29 is 4.74 Å². The summed E-state index contributed by atoms with van der Waals surface area (Å²) in [6.07, 6.45) is 2.58. The Morgan fingerprint density at radius 3 is 3.17 bits per heavy atom. The maximum absolute atomic E-state index is 5.92. The van der Waals surface area contributed by atoms with Crippen LogP contribution in [0.5, 0.6) is 5.75 Å². The molecule has 0 radical (unpaired) electrons. The Bertz CT molecular complexity index is 373. The number of hydrogen-bond donors (Lipinski definition) is 1. The molecule has 0 spiro atoms. The van der Waals surface area contributed by atoms with Gasteiger partial charge in [-0.05, 0) is 44.6 Å². The summed E-state index contributed by atoms with van der Waals surface area (Å²) in [6.45, 7) is 3.96. The van der Waals surface area contributed by atoms with E-state index in [-0.39, 0.29) is 0 Å². The van der Waals surface area contributed by atoms with Crippen LogP contribution in [0.3, 0.4) is 0 Å². The van der Waals surface area contributed by atoms with E-state index in [0.29, 0.717) is 6.04 Å². The predicted octanol–water partition coefficient (Wildman–Crippen LogP) is 2.40. The van der Waals surface area contributed by atoms with Gasteiger partial charge in [-0.2, -0.15) is 0 Å². The third-order valence-corrected chi connectivity index (χ3v) is 3.62. The molecule has 1 aromatic carbocycles. The van der Waals surface area contributed by atoms with Crippen molar-refractivity contribution in [2.75, 3.05) is 33.3 Å². The molecule has 1 heterocycles. The summed E-state index contributed by atoms with van der Waals surface area (Å²) in [5, 5.41) is 3.98. The highest BCUT2D eigenvalue weighted by Gasteiger charge is 2.23. The molecular formula is C14H21ClN2O. The van der Waals surface area contributed by atoms with Crippen molar-refractivity contribution in [1.82, 2.24) is 10.2 Å². The normalized spacial score (nSPS) is 20.2. The van der Waals surface area contributed by atoms with E-state index in [9.17, 15) is 0 Å². The fourth-order valence-electron chi connectivity index (χ4n) is 2.49. The summed E-state index contributed by atoms with van der Waals surface area (Å²) in [5.74, 6) is 0.854. The van der Waals surface area contributed by atoms with Crippen molar-refractivity contribution in [3.05, 3.63) is 29.3 Å². The van der Waals surface area contributed by atoms with Crippen molar-refractivity contribution in [1.29, 1.82) is 0 Å². The standard InChI is InChI=1S/C14H21ClN2O/c1-16-11-13-5-3-7-17(13)8-9-18-14-6-2-4-12(15)10-14/h2,4,6,10,13,16H,3,5,7-9,11H2,1H3. The number of likely N-dealkylation sites (tertiary alicyclic amines) is 1. The van der Waals surface area contributed by atoms with Gasteiger partial charge < -0.3 is 10.1 Å². The van der Waals surface area contributed by atoms with Gasteiger partial charge in [-0.25, -0.2) is 0 Å². The number of benzene rings is 1. The minimum absolute atomic E-state index is 0.665. The number of likely N-dealkylation sites (N-methyl/N-ethyl adjacent to an activating group) is 1. The molecule has 0 aliphatic carbocycles. The van der Waals surface area contributed by atoms with Crippen LogP contribution in [0.15, 0.2) is 24.3 Å². The predicted molar refractivity (Wildman–Crippen MR) is 75.5 cm³/mol. The van der Waals surface area contributed by atoms with Gasteiger partial charge in [0, 0.05) is 24.2 Å². The van der Waals surface area contributed by atoms with Crippen LogP contribution in [0, 0.1) is 0 Å². The summed E-state index contributed by atoms with van der Waals surface area (Å²) in [5.41, 5.74) is 0. The number of ether oxygens (including phenoxy) is 1. The minimum Gasteiger partial charge on any atom is -0.492 e. The van der Waals surface area contributed by atoms with Gasteiger partial charge in [0.25, 0.3) is 0 Å². The number of halogens is 1. The van der Waals surface area contributed by atoms with E-state index in [4.69, 9.17) is 16.3 Å². The van der Waals surface area contributed by atoms with Gasteiger partial charge in [0.1, 0.15) is 12.4 Å². The summed E-state index contributed by atoms with van der Waals surface area (Å²) in [7, 11) is 2.01. The highest BCUT2D eigenvalue weighted by molar-refractivity contribution is 6.30. The summed E-state index contributed by atoms with van der Waals surface area (Å²) >= 11 is 5.92. The molecule has 1 aromatic rings. The molecule has 1 aliphatic heterocycles. The highest BCUT2D eigenvalue weighted by Crippen LogP contribution is 2.18. The van der Waals surface area contributed by atoms with Crippen LogP contribution >= 0.6 is 11.6 Å². The zero-order valence-corrected chi connectivity index (χ0v) is 11.6. The third kappa shape index (κ3) is 3.87. The molecule has 0 amide bonds. The fourth-order valence-corrected chi connectivity index (χ4v) is 2.67. The number of rotatable bonds is 6. The van der Waals surface area contributed by atoms with Crippen LogP contribution in [-0.4, -0.2) is 44.2 Å². The van der Waals surface area contributed by atoms with Crippen molar-refractivity contribution >= 4 is 11.6 Å². The monoisotopic (exact) mass is 268 g/mol. The SMILES string of the molecule is CNCC1CCCN1CCOc1cccc(Cl)c1. The Morgan fingerprint density at radius 2 is 2.39 bits per heavy atom. The van der Waals surface area contributed by atoms with Gasteiger partial charge in [-0.1, -0.05) is 17.7 Å². The smallest absolute Gasteiger partial charge is 0.120 e. The largest absolute Gasteiger partial charge is 0.492 e. The van der Waals surface area contributed by atoms with E-state index in [1.807, 2.05) is 31.3 Å². The Morgan fingerprint density at radius 1 is 1.50 bits per heavy atom. The second kappa shape index (κ2) is 6.98. The van der Waals surface area contributed by atoms with Crippen LogP contribution in [0.4, 0.5) is 0 Å². The fraction of sp³-hybridized carbons (Fsp3) is 0.571. The minimum atomic E-state index is 0.665. The molecular weight excluding hydrogens is 248 g/mol. The molecule has 1 unspecified atom stereocenters. The quantitative estimate of drug-likeness (QED) is 0.858. The molecule has 0 bridgehead atoms. The molecule has 3 nitrogen and oxygen atoms in total. The molecule has 0 saturated carbocycles. The average Bonchev–Trinajstić information content (AvgIpc) is 2.78. The van der Waals surface area contributed by atoms with Crippen LogP contribution < -0.4 is 10.1 Å². The van der Waals surface area contributed by atoms with Gasteiger partial charge in [-0.15, -0.1) is 0 Å². The Balaban J connectivity index is 1.74. The maximum Gasteiger partial charge on any atom is 0.120 e. The van der Waals surface area contributed by atoms with Gasteiger partial charge in [0.2, 0.25) is 0 Å². The molecule has 1 saturated heterocycles. The molecule has 1 atom stereocenters. The zero-order valence-electron chi connectivity index (χ0n) is 10.9. The Labute approximate surface area is 114 Å². The van der Waals surface area contributed by atoms with Crippen LogP contribution in [0.2, 0.25) is 5.02 Å². The van der Waals surface area contributed by atoms with Gasteiger partial charge in [0.05, 0.1) is 0 Å². The van der Waals surface area contributed by atoms with Gasteiger partial charge in [-0.3, -0.25) is 4.90 Å². The van der Waals surface area contributed by atoms with Crippen molar-refractivity contribution in [3.8, 4) is 5.75 Å².